The fourth-order valence-corrected chi connectivity index (χ4v) is 1.91. The molecule has 76 valence electrons. The molecule has 3 heteroatoms. The Labute approximate surface area is 93.0 Å². The Bertz CT molecular complexity index is 345. The van der Waals surface area contributed by atoms with E-state index in [1.54, 1.807) is 0 Å². The first-order valence-corrected chi connectivity index (χ1v) is 5.67. The van der Waals surface area contributed by atoms with Gasteiger partial charge in [-0.05, 0) is 52.4 Å². The lowest BCUT2D eigenvalue weighted by Gasteiger charge is -2.12. The first-order valence-electron chi connectivity index (χ1n) is 4.88. The molecule has 2 rings (SSSR count). The molecule has 1 fully saturated rings. The van der Waals surface area contributed by atoms with Crippen LogP contribution in [0.4, 0.5) is 11.4 Å². The van der Waals surface area contributed by atoms with E-state index in [-0.39, 0.29) is 0 Å². The van der Waals surface area contributed by atoms with Crippen molar-refractivity contribution in [3.05, 3.63) is 22.7 Å². The monoisotopic (exact) mass is 254 g/mol. The number of halogens is 1. The zero-order valence-electron chi connectivity index (χ0n) is 8.31. The molecule has 1 saturated carbocycles. The second-order valence-corrected chi connectivity index (χ2v) is 5.26. The van der Waals surface area contributed by atoms with Crippen molar-refractivity contribution < 1.29 is 0 Å². The molecule has 0 aliphatic heterocycles. The zero-order valence-corrected chi connectivity index (χ0v) is 9.89. The van der Waals surface area contributed by atoms with Crippen LogP contribution in [0, 0.1) is 5.41 Å². The van der Waals surface area contributed by atoms with Gasteiger partial charge in [0.25, 0.3) is 0 Å². The first-order chi connectivity index (χ1) is 6.59. The van der Waals surface area contributed by atoms with E-state index in [9.17, 15) is 0 Å². The molecule has 14 heavy (non-hydrogen) atoms. The summed E-state index contributed by atoms with van der Waals surface area (Å²) in [6.45, 7) is 3.36. The van der Waals surface area contributed by atoms with E-state index in [2.05, 4.69) is 28.2 Å². The predicted molar refractivity (Wildman–Crippen MR) is 64.4 cm³/mol. The molecular weight excluding hydrogens is 240 g/mol. The maximum Gasteiger partial charge on any atom is 0.0486 e. The Balaban J connectivity index is 2.02. The summed E-state index contributed by atoms with van der Waals surface area (Å²) < 4.78 is 1.04. The van der Waals surface area contributed by atoms with Gasteiger partial charge >= 0.3 is 0 Å². The Morgan fingerprint density at radius 2 is 2.21 bits per heavy atom. The second kappa shape index (κ2) is 3.46. The van der Waals surface area contributed by atoms with E-state index in [0.29, 0.717) is 5.41 Å². The number of hydrogen-bond donors (Lipinski definition) is 2. The summed E-state index contributed by atoms with van der Waals surface area (Å²) in [6.07, 6.45) is 2.68. The lowest BCUT2D eigenvalue weighted by atomic mass is 10.1. The second-order valence-electron chi connectivity index (χ2n) is 4.40. The van der Waals surface area contributed by atoms with Crippen LogP contribution in [0.5, 0.6) is 0 Å². The first kappa shape index (κ1) is 9.84. The van der Waals surface area contributed by atoms with E-state index in [4.69, 9.17) is 5.73 Å². The quantitative estimate of drug-likeness (QED) is 0.813. The summed E-state index contributed by atoms with van der Waals surface area (Å²) in [5, 5.41) is 3.44. The van der Waals surface area contributed by atoms with Crippen LogP contribution >= 0.6 is 15.9 Å². The molecule has 0 spiro atoms. The van der Waals surface area contributed by atoms with Crippen molar-refractivity contribution in [1.82, 2.24) is 0 Å². The zero-order chi connectivity index (χ0) is 10.2. The van der Waals surface area contributed by atoms with E-state index < -0.39 is 0 Å². The minimum absolute atomic E-state index is 0.529. The Hall–Kier alpha value is -0.700. The van der Waals surface area contributed by atoms with Crippen LogP contribution in [0.3, 0.4) is 0 Å². The SMILES string of the molecule is CC1(CNc2ccc(N)cc2Br)CC1. The largest absolute Gasteiger partial charge is 0.399 e. The summed E-state index contributed by atoms with van der Waals surface area (Å²) >= 11 is 3.49. The highest BCUT2D eigenvalue weighted by Gasteiger charge is 2.36. The van der Waals surface area contributed by atoms with Gasteiger partial charge in [0.1, 0.15) is 0 Å². The normalized spacial score (nSPS) is 17.9. The summed E-state index contributed by atoms with van der Waals surface area (Å²) in [4.78, 5) is 0. The number of anilines is 2. The smallest absolute Gasteiger partial charge is 0.0486 e. The molecule has 0 bridgehead atoms. The number of nitrogen functional groups attached to an aromatic ring is 1. The molecule has 1 aromatic rings. The Morgan fingerprint density at radius 1 is 1.50 bits per heavy atom. The van der Waals surface area contributed by atoms with Gasteiger partial charge in [0.15, 0.2) is 0 Å². The highest BCUT2D eigenvalue weighted by molar-refractivity contribution is 9.10. The number of hydrogen-bond acceptors (Lipinski definition) is 2. The average molecular weight is 255 g/mol. The summed E-state index contributed by atoms with van der Waals surface area (Å²) in [7, 11) is 0. The fraction of sp³-hybridized carbons (Fsp3) is 0.455. The number of nitrogens with two attached hydrogens (primary N) is 1. The molecule has 0 atom stereocenters. The van der Waals surface area contributed by atoms with Crippen LogP contribution < -0.4 is 11.1 Å². The molecule has 0 amide bonds. The topological polar surface area (TPSA) is 38.0 Å². The lowest BCUT2D eigenvalue weighted by molar-refractivity contribution is 0.610. The summed E-state index contributed by atoms with van der Waals surface area (Å²) in [5.41, 5.74) is 8.12. The summed E-state index contributed by atoms with van der Waals surface area (Å²) in [6, 6.07) is 5.87. The fourth-order valence-electron chi connectivity index (χ4n) is 1.37. The van der Waals surface area contributed by atoms with Crippen molar-refractivity contribution in [2.45, 2.75) is 19.8 Å². The van der Waals surface area contributed by atoms with Crippen LogP contribution in [0.2, 0.25) is 0 Å². The van der Waals surface area contributed by atoms with Gasteiger partial charge in [0.2, 0.25) is 0 Å². The van der Waals surface area contributed by atoms with Crippen LogP contribution in [-0.4, -0.2) is 6.54 Å². The lowest BCUT2D eigenvalue weighted by Crippen LogP contribution is -2.11. The number of benzene rings is 1. The number of nitrogens with one attached hydrogen (secondary N) is 1. The highest BCUT2D eigenvalue weighted by atomic mass is 79.9. The third kappa shape index (κ3) is 2.21. The Kier molecular flexibility index (Phi) is 2.43. The molecule has 2 nitrogen and oxygen atoms in total. The summed E-state index contributed by atoms with van der Waals surface area (Å²) in [5.74, 6) is 0. The molecule has 1 aliphatic rings. The average Bonchev–Trinajstić information content (AvgIpc) is 2.83. The van der Waals surface area contributed by atoms with Crippen molar-refractivity contribution in [3.63, 3.8) is 0 Å². The van der Waals surface area contributed by atoms with Crippen molar-refractivity contribution in [2.24, 2.45) is 5.41 Å². The minimum atomic E-state index is 0.529. The van der Waals surface area contributed by atoms with Crippen LogP contribution in [0.15, 0.2) is 22.7 Å². The van der Waals surface area contributed by atoms with Gasteiger partial charge in [0, 0.05) is 22.4 Å². The van der Waals surface area contributed by atoms with Crippen molar-refractivity contribution in [1.29, 1.82) is 0 Å². The van der Waals surface area contributed by atoms with Crippen molar-refractivity contribution >= 4 is 27.3 Å². The molecular formula is C11H15BrN2. The van der Waals surface area contributed by atoms with Gasteiger partial charge in [-0.25, -0.2) is 0 Å². The van der Waals surface area contributed by atoms with Gasteiger partial charge in [-0.2, -0.15) is 0 Å². The van der Waals surface area contributed by atoms with Crippen molar-refractivity contribution in [2.75, 3.05) is 17.6 Å². The van der Waals surface area contributed by atoms with Gasteiger partial charge < -0.3 is 11.1 Å². The van der Waals surface area contributed by atoms with Crippen LogP contribution in [0.25, 0.3) is 0 Å². The molecule has 0 saturated heterocycles. The molecule has 1 aliphatic carbocycles. The van der Waals surface area contributed by atoms with E-state index in [1.165, 1.54) is 12.8 Å². The third-order valence-corrected chi connectivity index (χ3v) is 3.46. The highest BCUT2D eigenvalue weighted by Crippen LogP contribution is 2.45. The van der Waals surface area contributed by atoms with Gasteiger partial charge in [-0.1, -0.05) is 6.92 Å². The van der Waals surface area contributed by atoms with Gasteiger partial charge in [-0.15, -0.1) is 0 Å². The maximum absolute atomic E-state index is 5.66. The molecule has 0 aromatic heterocycles. The van der Waals surface area contributed by atoms with Crippen LogP contribution in [-0.2, 0) is 0 Å². The van der Waals surface area contributed by atoms with E-state index in [1.807, 2.05) is 18.2 Å². The van der Waals surface area contributed by atoms with Crippen molar-refractivity contribution in [3.8, 4) is 0 Å². The predicted octanol–water partition coefficient (Wildman–Crippen LogP) is 3.24. The number of rotatable bonds is 3. The molecule has 0 unspecified atom stereocenters. The Morgan fingerprint density at radius 3 is 2.79 bits per heavy atom. The molecule has 1 aromatic carbocycles. The maximum atomic E-state index is 5.66. The van der Waals surface area contributed by atoms with Gasteiger partial charge in [-0.3, -0.25) is 0 Å². The van der Waals surface area contributed by atoms with Gasteiger partial charge in [0.05, 0.1) is 0 Å². The molecule has 3 N–H and O–H groups in total. The van der Waals surface area contributed by atoms with E-state index >= 15 is 0 Å². The molecule has 0 heterocycles. The third-order valence-electron chi connectivity index (χ3n) is 2.80. The molecule has 0 radical (unpaired) electrons. The van der Waals surface area contributed by atoms with E-state index in [0.717, 1.165) is 22.4 Å². The standard InChI is InChI=1S/C11H15BrN2/c1-11(4-5-11)7-14-10-3-2-8(13)6-9(10)12/h2-3,6,14H,4-5,7,13H2,1H3. The minimum Gasteiger partial charge on any atom is -0.399 e. The van der Waals surface area contributed by atoms with Crippen LogP contribution in [0.1, 0.15) is 19.8 Å².